The standard InChI is InChI=1S/C15H13Br2N3S/c1-8-5-3-4-6-9(8)12-13(19-20(2)15(12)18)11-7-10(16)14(17)21-11/h3-7H,18H2,1-2H3. The molecule has 3 nitrogen and oxygen atoms in total. The minimum absolute atomic E-state index is 0.681. The Kier molecular flexibility index (Phi) is 3.94. The number of halogens is 2. The van der Waals surface area contributed by atoms with Crippen LogP contribution >= 0.6 is 43.2 Å². The summed E-state index contributed by atoms with van der Waals surface area (Å²) in [6.45, 7) is 2.09. The number of hydrogen-bond donors (Lipinski definition) is 1. The van der Waals surface area contributed by atoms with Crippen LogP contribution in [0.4, 0.5) is 5.82 Å². The fraction of sp³-hybridized carbons (Fsp3) is 0.133. The quantitative estimate of drug-likeness (QED) is 0.609. The molecule has 0 aliphatic carbocycles. The molecule has 0 aliphatic heterocycles. The fourth-order valence-corrected chi connectivity index (χ4v) is 4.32. The van der Waals surface area contributed by atoms with Crippen LogP contribution in [0.1, 0.15) is 5.56 Å². The Balaban J connectivity index is 2.28. The SMILES string of the molecule is Cc1ccccc1-c1c(-c2cc(Br)c(Br)s2)nn(C)c1N. The van der Waals surface area contributed by atoms with E-state index in [0.717, 1.165) is 30.0 Å². The second-order valence-electron chi connectivity index (χ2n) is 4.78. The van der Waals surface area contributed by atoms with Gasteiger partial charge in [-0.15, -0.1) is 11.3 Å². The van der Waals surface area contributed by atoms with Gasteiger partial charge in [0.15, 0.2) is 0 Å². The number of thiophene rings is 1. The van der Waals surface area contributed by atoms with Crippen molar-refractivity contribution in [1.29, 1.82) is 0 Å². The molecule has 108 valence electrons. The molecule has 1 aromatic carbocycles. The van der Waals surface area contributed by atoms with Crippen LogP contribution < -0.4 is 5.73 Å². The number of anilines is 1. The van der Waals surface area contributed by atoms with Crippen molar-refractivity contribution in [2.75, 3.05) is 5.73 Å². The first-order valence-electron chi connectivity index (χ1n) is 6.32. The van der Waals surface area contributed by atoms with Crippen LogP contribution in [0.5, 0.6) is 0 Å². The van der Waals surface area contributed by atoms with Crippen LogP contribution in [0, 0.1) is 6.92 Å². The van der Waals surface area contributed by atoms with Gasteiger partial charge in [-0.25, -0.2) is 0 Å². The van der Waals surface area contributed by atoms with E-state index in [1.165, 1.54) is 5.56 Å². The minimum Gasteiger partial charge on any atom is -0.383 e. The van der Waals surface area contributed by atoms with Crippen molar-refractivity contribution in [3.05, 3.63) is 44.2 Å². The van der Waals surface area contributed by atoms with Crippen LogP contribution in [0.3, 0.4) is 0 Å². The molecule has 0 aliphatic rings. The molecule has 0 atom stereocenters. The Morgan fingerprint density at radius 2 is 1.95 bits per heavy atom. The van der Waals surface area contributed by atoms with Crippen molar-refractivity contribution in [2.45, 2.75) is 6.92 Å². The van der Waals surface area contributed by atoms with E-state index in [1.807, 2.05) is 19.2 Å². The first-order valence-corrected chi connectivity index (χ1v) is 8.73. The third-order valence-corrected chi connectivity index (χ3v) is 6.65. The van der Waals surface area contributed by atoms with E-state index in [2.05, 4.69) is 62.1 Å². The second-order valence-corrected chi connectivity index (χ2v) is 8.00. The summed E-state index contributed by atoms with van der Waals surface area (Å²) < 4.78 is 3.82. The van der Waals surface area contributed by atoms with Gasteiger partial charge in [-0.3, -0.25) is 4.68 Å². The van der Waals surface area contributed by atoms with Crippen LogP contribution in [-0.2, 0) is 7.05 Å². The molecule has 3 aromatic rings. The van der Waals surface area contributed by atoms with Gasteiger partial charge in [0.25, 0.3) is 0 Å². The highest BCUT2D eigenvalue weighted by Gasteiger charge is 2.20. The summed E-state index contributed by atoms with van der Waals surface area (Å²) >= 11 is 8.71. The molecule has 0 saturated carbocycles. The Morgan fingerprint density at radius 1 is 1.24 bits per heavy atom. The van der Waals surface area contributed by atoms with Crippen molar-refractivity contribution in [1.82, 2.24) is 9.78 Å². The van der Waals surface area contributed by atoms with Crippen LogP contribution in [0.25, 0.3) is 21.7 Å². The van der Waals surface area contributed by atoms with E-state index in [1.54, 1.807) is 16.0 Å². The molecule has 0 amide bonds. The third-order valence-electron chi connectivity index (χ3n) is 3.38. The molecule has 21 heavy (non-hydrogen) atoms. The molecule has 0 fully saturated rings. The van der Waals surface area contributed by atoms with Gasteiger partial charge >= 0.3 is 0 Å². The van der Waals surface area contributed by atoms with E-state index in [0.29, 0.717) is 5.82 Å². The van der Waals surface area contributed by atoms with Crippen LogP contribution in [0.2, 0.25) is 0 Å². The van der Waals surface area contributed by atoms with Gasteiger partial charge in [0, 0.05) is 11.5 Å². The predicted octanol–water partition coefficient (Wildman–Crippen LogP) is 5.23. The lowest BCUT2D eigenvalue weighted by atomic mass is 10.00. The number of hydrogen-bond acceptors (Lipinski definition) is 3. The van der Waals surface area contributed by atoms with E-state index in [9.17, 15) is 0 Å². The molecule has 3 rings (SSSR count). The number of aromatic nitrogens is 2. The first kappa shape index (κ1) is 14.8. The zero-order valence-corrected chi connectivity index (χ0v) is 15.5. The monoisotopic (exact) mass is 425 g/mol. The molecule has 0 unspecified atom stereocenters. The van der Waals surface area contributed by atoms with E-state index >= 15 is 0 Å². The number of nitrogen functional groups attached to an aromatic ring is 1. The predicted molar refractivity (Wildman–Crippen MR) is 96.5 cm³/mol. The molecule has 0 spiro atoms. The van der Waals surface area contributed by atoms with Crippen molar-refractivity contribution in [3.8, 4) is 21.7 Å². The third kappa shape index (κ3) is 2.56. The van der Waals surface area contributed by atoms with Gasteiger partial charge < -0.3 is 5.73 Å². The average molecular weight is 427 g/mol. The number of benzene rings is 1. The highest BCUT2D eigenvalue weighted by molar-refractivity contribution is 9.13. The van der Waals surface area contributed by atoms with Gasteiger partial charge in [-0.2, -0.15) is 5.10 Å². The summed E-state index contributed by atoms with van der Waals surface area (Å²) in [5.74, 6) is 0.681. The highest BCUT2D eigenvalue weighted by Crippen LogP contribution is 2.43. The Hall–Kier alpha value is -1.11. The average Bonchev–Trinajstić information content (AvgIpc) is 2.93. The molecule has 6 heteroatoms. The number of rotatable bonds is 2. The van der Waals surface area contributed by atoms with Crippen molar-refractivity contribution in [3.63, 3.8) is 0 Å². The van der Waals surface area contributed by atoms with Crippen LogP contribution in [0.15, 0.2) is 38.6 Å². The normalized spacial score (nSPS) is 11.0. The van der Waals surface area contributed by atoms with E-state index in [-0.39, 0.29) is 0 Å². The summed E-state index contributed by atoms with van der Waals surface area (Å²) in [7, 11) is 1.87. The molecule has 2 heterocycles. The number of nitrogens with two attached hydrogens (primary N) is 1. The maximum absolute atomic E-state index is 6.27. The van der Waals surface area contributed by atoms with Crippen molar-refractivity contribution < 1.29 is 0 Å². The maximum atomic E-state index is 6.27. The minimum atomic E-state index is 0.681. The second kappa shape index (κ2) is 5.59. The largest absolute Gasteiger partial charge is 0.383 e. The van der Waals surface area contributed by atoms with Gasteiger partial charge in [-0.05, 0) is 56.0 Å². The zero-order valence-electron chi connectivity index (χ0n) is 11.5. The molecule has 0 radical (unpaired) electrons. The molecular formula is C15H13Br2N3S. The zero-order chi connectivity index (χ0) is 15.1. The molecule has 0 saturated heterocycles. The Bertz CT molecular complexity index is 801. The van der Waals surface area contributed by atoms with E-state index in [4.69, 9.17) is 5.73 Å². The van der Waals surface area contributed by atoms with Gasteiger partial charge in [-0.1, -0.05) is 24.3 Å². The Labute approximate surface area is 144 Å². The summed E-state index contributed by atoms with van der Waals surface area (Å²) in [5.41, 5.74) is 10.5. The van der Waals surface area contributed by atoms with Gasteiger partial charge in [0.2, 0.25) is 0 Å². The summed E-state index contributed by atoms with van der Waals surface area (Å²) in [6.07, 6.45) is 0. The smallest absolute Gasteiger partial charge is 0.129 e. The topological polar surface area (TPSA) is 43.8 Å². The number of aryl methyl sites for hydroxylation is 2. The molecule has 2 aromatic heterocycles. The molecular weight excluding hydrogens is 414 g/mol. The lowest BCUT2D eigenvalue weighted by Crippen LogP contribution is -1.98. The van der Waals surface area contributed by atoms with Crippen molar-refractivity contribution >= 4 is 49.0 Å². The van der Waals surface area contributed by atoms with Gasteiger partial charge in [0.1, 0.15) is 11.5 Å². The first-order chi connectivity index (χ1) is 9.99. The van der Waals surface area contributed by atoms with Crippen LogP contribution in [-0.4, -0.2) is 9.78 Å². The Morgan fingerprint density at radius 3 is 2.57 bits per heavy atom. The fourth-order valence-electron chi connectivity index (χ4n) is 2.29. The molecule has 2 N–H and O–H groups in total. The lowest BCUT2D eigenvalue weighted by molar-refractivity contribution is 0.783. The van der Waals surface area contributed by atoms with Crippen molar-refractivity contribution in [2.24, 2.45) is 7.05 Å². The highest BCUT2D eigenvalue weighted by atomic mass is 79.9. The summed E-state index contributed by atoms with van der Waals surface area (Å²) in [6, 6.07) is 10.3. The summed E-state index contributed by atoms with van der Waals surface area (Å²) in [4.78, 5) is 1.08. The maximum Gasteiger partial charge on any atom is 0.129 e. The molecule has 0 bridgehead atoms. The van der Waals surface area contributed by atoms with Gasteiger partial charge in [0.05, 0.1) is 14.2 Å². The summed E-state index contributed by atoms with van der Waals surface area (Å²) in [5, 5.41) is 4.61. The van der Waals surface area contributed by atoms with E-state index < -0.39 is 0 Å². The lowest BCUT2D eigenvalue weighted by Gasteiger charge is -2.06. The number of nitrogens with zero attached hydrogens (tertiary/aromatic N) is 2.